The molecule has 1 fully saturated rings. The first-order valence-electron chi connectivity index (χ1n) is 8.96. The number of anilines is 1. The van der Waals surface area contributed by atoms with Gasteiger partial charge in [-0.05, 0) is 49.6 Å². The van der Waals surface area contributed by atoms with Crippen molar-refractivity contribution in [2.45, 2.75) is 45.6 Å². The van der Waals surface area contributed by atoms with Gasteiger partial charge >= 0.3 is 0 Å². The smallest absolute Gasteiger partial charge is 0.130 e. The molecule has 0 aliphatic carbocycles. The Morgan fingerprint density at radius 2 is 2.04 bits per heavy atom. The number of benzene rings is 1. The highest BCUT2D eigenvalue weighted by Crippen LogP contribution is 2.25. The van der Waals surface area contributed by atoms with Crippen molar-refractivity contribution in [3.05, 3.63) is 53.7 Å². The second kappa shape index (κ2) is 7.68. The molecule has 0 radical (unpaired) electrons. The number of Topliss-reactive ketones (excluding diaryl/α,β-unsaturated/α-hetero) is 1. The normalized spacial score (nSPS) is 18.2. The molecule has 2 atom stereocenters. The lowest BCUT2D eigenvalue weighted by atomic mass is 9.96. The first-order chi connectivity index (χ1) is 12.0. The van der Waals surface area contributed by atoms with Crippen molar-refractivity contribution in [3.8, 4) is 5.75 Å². The highest BCUT2D eigenvalue weighted by molar-refractivity contribution is 5.76. The molecule has 2 heterocycles. The Labute approximate surface area is 149 Å². The summed E-state index contributed by atoms with van der Waals surface area (Å²) in [5.74, 6) is 2.40. The van der Waals surface area contributed by atoms with Crippen LogP contribution in [0.15, 0.2) is 42.5 Å². The Balaban J connectivity index is 1.57. The fraction of sp³-hybridized carbons (Fsp3) is 0.429. The van der Waals surface area contributed by atoms with Gasteiger partial charge in [-0.1, -0.05) is 25.1 Å². The maximum absolute atomic E-state index is 11.3. The molecule has 4 heteroatoms. The maximum atomic E-state index is 11.3. The highest BCUT2D eigenvalue weighted by Gasteiger charge is 2.25. The van der Waals surface area contributed by atoms with Crippen molar-refractivity contribution < 1.29 is 9.53 Å². The van der Waals surface area contributed by atoms with Gasteiger partial charge in [-0.2, -0.15) is 0 Å². The molecule has 0 saturated carbocycles. The topological polar surface area (TPSA) is 42.4 Å². The monoisotopic (exact) mass is 338 g/mol. The summed E-state index contributed by atoms with van der Waals surface area (Å²) in [6.45, 7) is 7.57. The molecule has 0 amide bonds. The minimum Gasteiger partial charge on any atom is -0.489 e. The van der Waals surface area contributed by atoms with Gasteiger partial charge in [0, 0.05) is 25.1 Å². The van der Waals surface area contributed by atoms with E-state index in [1.165, 1.54) is 5.56 Å². The van der Waals surface area contributed by atoms with Gasteiger partial charge in [-0.15, -0.1) is 0 Å². The summed E-state index contributed by atoms with van der Waals surface area (Å²) in [6.07, 6.45) is 1.77. The summed E-state index contributed by atoms with van der Waals surface area (Å²) in [6, 6.07) is 14.3. The molecule has 4 nitrogen and oxygen atoms in total. The van der Waals surface area contributed by atoms with Gasteiger partial charge in [0.05, 0.1) is 6.54 Å². The minimum atomic E-state index is 0.183. The molecule has 0 N–H and O–H groups in total. The lowest BCUT2D eigenvalue weighted by Gasteiger charge is -2.18. The van der Waals surface area contributed by atoms with Crippen LogP contribution in [-0.4, -0.2) is 30.0 Å². The van der Waals surface area contributed by atoms with E-state index >= 15 is 0 Å². The largest absolute Gasteiger partial charge is 0.489 e. The lowest BCUT2D eigenvalue weighted by molar-refractivity contribution is -0.117. The molecule has 1 aliphatic rings. The van der Waals surface area contributed by atoms with E-state index in [0.29, 0.717) is 6.42 Å². The van der Waals surface area contributed by atoms with Gasteiger partial charge < -0.3 is 14.4 Å². The summed E-state index contributed by atoms with van der Waals surface area (Å²) in [4.78, 5) is 18.1. The van der Waals surface area contributed by atoms with Crippen molar-refractivity contribution in [2.24, 2.45) is 0 Å². The van der Waals surface area contributed by atoms with E-state index < -0.39 is 0 Å². The molecule has 0 spiro atoms. The number of carbonyl (C=O) groups is 1. The zero-order valence-electron chi connectivity index (χ0n) is 15.2. The summed E-state index contributed by atoms with van der Waals surface area (Å²) < 4.78 is 6.14. The van der Waals surface area contributed by atoms with Gasteiger partial charge in [-0.25, -0.2) is 4.98 Å². The molecule has 1 unspecified atom stereocenters. The predicted octanol–water partition coefficient (Wildman–Crippen LogP) is 4.13. The number of nitrogens with zero attached hydrogens (tertiary/aromatic N) is 2. The van der Waals surface area contributed by atoms with E-state index in [9.17, 15) is 4.79 Å². The third kappa shape index (κ3) is 4.59. The average molecular weight is 338 g/mol. The van der Waals surface area contributed by atoms with E-state index in [4.69, 9.17) is 4.74 Å². The zero-order valence-corrected chi connectivity index (χ0v) is 15.2. The third-order valence-electron chi connectivity index (χ3n) is 4.69. The number of pyridine rings is 1. The summed E-state index contributed by atoms with van der Waals surface area (Å²) >= 11 is 0. The molecule has 1 aromatic carbocycles. The van der Waals surface area contributed by atoms with Crippen LogP contribution in [0.1, 0.15) is 43.9 Å². The fourth-order valence-electron chi connectivity index (χ4n) is 3.35. The molecule has 0 bridgehead atoms. The Morgan fingerprint density at radius 1 is 1.28 bits per heavy atom. The van der Waals surface area contributed by atoms with Crippen LogP contribution in [0.25, 0.3) is 0 Å². The van der Waals surface area contributed by atoms with Crippen LogP contribution >= 0.6 is 0 Å². The van der Waals surface area contributed by atoms with Crippen LogP contribution in [0.3, 0.4) is 0 Å². The second-order valence-corrected chi connectivity index (χ2v) is 6.99. The minimum absolute atomic E-state index is 0.183. The molecule has 132 valence electrons. The number of aryl methyl sites for hydroxylation is 1. The van der Waals surface area contributed by atoms with Crippen LogP contribution in [0.4, 0.5) is 5.82 Å². The van der Waals surface area contributed by atoms with Crippen molar-refractivity contribution in [2.75, 3.05) is 18.0 Å². The van der Waals surface area contributed by atoms with Crippen LogP contribution in [0, 0.1) is 6.92 Å². The van der Waals surface area contributed by atoms with E-state index in [1.54, 1.807) is 6.92 Å². The van der Waals surface area contributed by atoms with Crippen LogP contribution < -0.4 is 9.64 Å². The SMILES string of the molecule is CC(=O)C[C@@H](C)c1ccc(OC2CCN(c3cccc(C)n3)C2)cc1. The molecule has 1 aromatic heterocycles. The van der Waals surface area contributed by atoms with E-state index in [1.807, 2.05) is 31.2 Å². The Kier molecular flexibility index (Phi) is 5.37. The Bertz CT molecular complexity index is 727. The van der Waals surface area contributed by atoms with Crippen molar-refractivity contribution in [1.82, 2.24) is 4.98 Å². The van der Waals surface area contributed by atoms with E-state index in [-0.39, 0.29) is 17.8 Å². The van der Waals surface area contributed by atoms with Crippen LogP contribution in [0.5, 0.6) is 5.75 Å². The van der Waals surface area contributed by atoms with Crippen molar-refractivity contribution >= 4 is 11.6 Å². The summed E-state index contributed by atoms with van der Waals surface area (Å²) in [7, 11) is 0. The number of ketones is 1. The second-order valence-electron chi connectivity index (χ2n) is 6.99. The Hall–Kier alpha value is -2.36. The number of hydrogen-bond donors (Lipinski definition) is 0. The Morgan fingerprint density at radius 3 is 2.72 bits per heavy atom. The summed E-state index contributed by atoms with van der Waals surface area (Å²) in [5.41, 5.74) is 2.22. The molecular formula is C21H26N2O2. The zero-order chi connectivity index (χ0) is 17.8. The molecule has 1 saturated heterocycles. The van der Waals surface area contributed by atoms with Gasteiger partial charge in [0.25, 0.3) is 0 Å². The number of aromatic nitrogens is 1. The third-order valence-corrected chi connectivity index (χ3v) is 4.69. The maximum Gasteiger partial charge on any atom is 0.130 e. The molecule has 2 aromatic rings. The van der Waals surface area contributed by atoms with Crippen molar-refractivity contribution in [3.63, 3.8) is 0 Å². The van der Waals surface area contributed by atoms with Gasteiger partial charge in [0.1, 0.15) is 23.5 Å². The van der Waals surface area contributed by atoms with Gasteiger partial charge in [0.2, 0.25) is 0 Å². The molecule has 25 heavy (non-hydrogen) atoms. The van der Waals surface area contributed by atoms with Gasteiger partial charge in [0.15, 0.2) is 0 Å². The lowest BCUT2D eigenvalue weighted by Crippen LogP contribution is -2.25. The van der Waals surface area contributed by atoms with Gasteiger partial charge in [-0.3, -0.25) is 0 Å². The summed E-state index contributed by atoms with van der Waals surface area (Å²) in [5, 5.41) is 0. The number of hydrogen-bond acceptors (Lipinski definition) is 4. The predicted molar refractivity (Wildman–Crippen MR) is 100 cm³/mol. The molecule has 3 rings (SSSR count). The van der Waals surface area contributed by atoms with Crippen molar-refractivity contribution in [1.29, 1.82) is 0 Å². The number of ether oxygens (including phenoxy) is 1. The first-order valence-corrected chi connectivity index (χ1v) is 8.96. The number of carbonyl (C=O) groups excluding carboxylic acids is 1. The standard InChI is InChI=1S/C21H26N2O2/c1-15(13-17(3)24)18-7-9-19(10-8-18)25-20-11-12-23(14-20)21-6-4-5-16(2)22-21/h4-10,15,20H,11-14H2,1-3H3/t15-,20?/m1/s1. The van der Waals surface area contributed by atoms with E-state index in [2.05, 4.69) is 35.0 Å². The van der Waals surface area contributed by atoms with Crippen LogP contribution in [0.2, 0.25) is 0 Å². The van der Waals surface area contributed by atoms with E-state index in [0.717, 1.165) is 36.8 Å². The fourth-order valence-corrected chi connectivity index (χ4v) is 3.35. The molecular weight excluding hydrogens is 312 g/mol. The number of rotatable bonds is 6. The first kappa shape index (κ1) is 17.5. The highest BCUT2D eigenvalue weighted by atomic mass is 16.5. The average Bonchev–Trinajstić information content (AvgIpc) is 3.03. The van der Waals surface area contributed by atoms with Crippen LogP contribution in [-0.2, 0) is 4.79 Å². The quantitative estimate of drug-likeness (QED) is 0.794. The molecule has 1 aliphatic heterocycles.